The van der Waals surface area contributed by atoms with Crippen molar-refractivity contribution in [2.75, 3.05) is 0 Å². The van der Waals surface area contributed by atoms with E-state index >= 15 is 0 Å². The molecular formula is C23H14ClN2O4S-. The lowest BCUT2D eigenvalue weighted by Gasteiger charge is -2.06. The number of carboxylic acid groups (broad SMARTS) is 1. The number of hydrogen-bond donors (Lipinski definition) is 0. The Morgan fingerprint density at radius 3 is 2.71 bits per heavy atom. The van der Waals surface area contributed by atoms with Gasteiger partial charge < -0.3 is 14.3 Å². The zero-order chi connectivity index (χ0) is 21.9. The third-order valence-corrected chi connectivity index (χ3v) is 6.52. The molecule has 0 spiro atoms. The van der Waals surface area contributed by atoms with Crippen molar-refractivity contribution in [1.29, 1.82) is 0 Å². The van der Waals surface area contributed by atoms with Gasteiger partial charge in [-0.15, -0.1) is 0 Å². The van der Waals surface area contributed by atoms with E-state index < -0.39 is 5.97 Å². The third-order valence-electron chi connectivity index (χ3n) is 5.23. The molecule has 5 rings (SSSR count). The second-order valence-corrected chi connectivity index (χ2v) is 8.67. The number of halogens is 1. The van der Waals surface area contributed by atoms with Crippen LogP contribution in [0.1, 0.15) is 27.2 Å². The SMILES string of the molecule is Cc1cc2nc3s/c(=C/c4ccc(-c5ccc(Cl)c(C(=O)[O-])c5)o4)c(=O)n3c2cc1C. The van der Waals surface area contributed by atoms with Crippen molar-refractivity contribution >= 4 is 51.0 Å². The van der Waals surface area contributed by atoms with E-state index in [2.05, 4.69) is 4.98 Å². The molecule has 0 fully saturated rings. The Morgan fingerprint density at radius 2 is 1.94 bits per heavy atom. The molecule has 5 aromatic rings. The summed E-state index contributed by atoms with van der Waals surface area (Å²) in [5.74, 6) is -0.436. The molecule has 0 radical (unpaired) electrons. The molecule has 3 heterocycles. The van der Waals surface area contributed by atoms with Crippen LogP contribution in [-0.2, 0) is 0 Å². The number of carboxylic acids is 1. The second kappa shape index (κ2) is 7.08. The van der Waals surface area contributed by atoms with Crippen LogP contribution in [0.3, 0.4) is 0 Å². The molecule has 0 saturated heterocycles. The van der Waals surface area contributed by atoms with Crippen molar-refractivity contribution in [2.24, 2.45) is 0 Å². The number of furan rings is 1. The summed E-state index contributed by atoms with van der Waals surface area (Å²) < 4.78 is 7.94. The van der Waals surface area contributed by atoms with Crippen LogP contribution < -0.4 is 15.2 Å². The van der Waals surface area contributed by atoms with Crippen LogP contribution in [0.2, 0.25) is 5.02 Å². The smallest absolute Gasteiger partial charge is 0.275 e. The van der Waals surface area contributed by atoms with Gasteiger partial charge >= 0.3 is 0 Å². The Balaban J connectivity index is 1.59. The van der Waals surface area contributed by atoms with Gasteiger partial charge in [-0.05, 0) is 67.4 Å². The summed E-state index contributed by atoms with van der Waals surface area (Å²) in [6.45, 7) is 4.02. The molecule has 0 N–H and O–H groups in total. The van der Waals surface area contributed by atoms with Crippen molar-refractivity contribution in [2.45, 2.75) is 13.8 Å². The van der Waals surface area contributed by atoms with Crippen LogP contribution in [0.4, 0.5) is 0 Å². The van der Waals surface area contributed by atoms with Crippen molar-refractivity contribution in [3.8, 4) is 11.3 Å². The summed E-state index contributed by atoms with van der Waals surface area (Å²) in [7, 11) is 0. The van der Waals surface area contributed by atoms with Crippen LogP contribution in [0.15, 0.2) is 51.7 Å². The van der Waals surface area contributed by atoms with Crippen molar-refractivity contribution in [1.82, 2.24) is 9.38 Å². The Labute approximate surface area is 184 Å². The Kier molecular flexibility index (Phi) is 4.46. The number of aromatic carboxylic acids is 1. The van der Waals surface area contributed by atoms with E-state index in [1.165, 1.54) is 23.5 Å². The maximum Gasteiger partial charge on any atom is 0.275 e. The monoisotopic (exact) mass is 449 g/mol. The number of benzene rings is 2. The van der Waals surface area contributed by atoms with Gasteiger partial charge in [-0.2, -0.15) is 0 Å². The lowest BCUT2D eigenvalue weighted by molar-refractivity contribution is -0.255. The molecule has 0 saturated carbocycles. The fourth-order valence-electron chi connectivity index (χ4n) is 3.47. The van der Waals surface area contributed by atoms with E-state index in [9.17, 15) is 14.7 Å². The van der Waals surface area contributed by atoms with Gasteiger partial charge in [-0.1, -0.05) is 22.9 Å². The van der Waals surface area contributed by atoms with E-state index in [4.69, 9.17) is 16.0 Å². The number of carbonyl (C=O) groups excluding carboxylic acids is 1. The summed E-state index contributed by atoms with van der Waals surface area (Å²) in [5, 5.41) is 11.3. The number of fused-ring (bicyclic) bond motifs is 3. The number of rotatable bonds is 3. The largest absolute Gasteiger partial charge is 0.545 e. The Hall–Kier alpha value is -3.42. The number of imidazole rings is 1. The van der Waals surface area contributed by atoms with Gasteiger partial charge in [-0.25, -0.2) is 9.38 Å². The standard InChI is InChI=1S/C23H15ClN2O4S/c1-11-7-17-18(8-12(11)2)26-21(27)20(31-23(26)25-17)10-14-4-6-19(30-14)13-3-5-16(24)15(9-13)22(28)29/h3-10H,1-2H3,(H,28,29)/p-1/b20-10+. The topological polar surface area (TPSA) is 87.6 Å². The van der Waals surface area contributed by atoms with Crippen LogP contribution in [0.25, 0.3) is 33.4 Å². The fourth-order valence-corrected chi connectivity index (χ4v) is 4.63. The minimum atomic E-state index is -1.36. The van der Waals surface area contributed by atoms with E-state index in [1.807, 2.05) is 26.0 Å². The highest BCUT2D eigenvalue weighted by atomic mass is 35.5. The summed E-state index contributed by atoms with van der Waals surface area (Å²) >= 11 is 7.19. The van der Waals surface area contributed by atoms with Gasteiger partial charge in [0.2, 0.25) is 0 Å². The minimum absolute atomic E-state index is 0.0951. The van der Waals surface area contributed by atoms with Crippen LogP contribution in [-0.4, -0.2) is 15.4 Å². The lowest BCUT2D eigenvalue weighted by Crippen LogP contribution is -2.22. The van der Waals surface area contributed by atoms with Crippen molar-refractivity contribution < 1.29 is 14.3 Å². The predicted molar refractivity (Wildman–Crippen MR) is 119 cm³/mol. The van der Waals surface area contributed by atoms with Gasteiger partial charge in [0.05, 0.1) is 17.0 Å². The summed E-state index contributed by atoms with van der Waals surface area (Å²) in [4.78, 5) is 29.4. The summed E-state index contributed by atoms with van der Waals surface area (Å²) in [6.07, 6.45) is 1.66. The van der Waals surface area contributed by atoms with Gasteiger partial charge in [0, 0.05) is 22.2 Å². The number of nitrogens with zero attached hydrogens (tertiary/aromatic N) is 2. The van der Waals surface area contributed by atoms with Crippen molar-refractivity contribution in [3.05, 3.63) is 84.8 Å². The molecule has 0 unspecified atom stereocenters. The zero-order valence-electron chi connectivity index (χ0n) is 16.4. The number of aromatic nitrogens is 2. The van der Waals surface area contributed by atoms with E-state index in [0.29, 0.717) is 26.6 Å². The van der Waals surface area contributed by atoms with Gasteiger partial charge in [0.25, 0.3) is 5.56 Å². The molecule has 0 atom stereocenters. The maximum absolute atomic E-state index is 13.0. The summed E-state index contributed by atoms with van der Waals surface area (Å²) in [6, 6.07) is 11.9. The van der Waals surface area contributed by atoms with E-state index in [-0.39, 0.29) is 16.1 Å². The third kappa shape index (κ3) is 3.22. The van der Waals surface area contributed by atoms with Crippen LogP contribution in [0.5, 0.6) is 0 Å². The highest BCUT2D eigenvalue weighted by molar-refractivity contribution is 7.15. The fraction of sp³-hybridized carbons (Fsp3) is 0.0870. The van der Waals surface area contributed by atoms with Crippen LogP contribution in [0, 0.1) is 13.8 Å². The highest BCUT2D eigenvalue weighted by Gasteiger charge is 2.13. The Bertz CT molecular complexity index is 1630. The minimum Gasteiger partial charge on any atom is -0.545 e. The molecule has 154 valence electrons. The van der Waals surface area contributed by atoms with E-state index in [1.54, 1.807) is 28.7 Å². The number of aryl methyl sites for hydroxylation is 2. The molecule has 0 aliphatic heterocycles. The molecule has 3 aromatic heterocycles. The first-order valence-electron chi connectivity index (χ1n) is 9.37. The summed E-state index contributed by atoms with van der Waals surface area (Å²) in [5.41, 5.74) is 4.09. The maximum atomic E-state index is 13.0. The van der Waals surface area contributed by atoms with Crippen LogP contribution >= 0.6 is 22.9 Å². The average Bonchev–Trinajstić information content (AvgIpc) is 3.39. The highest BCUT2D eigenvalue weighted by Crippen LogP contribution is 2.27. The molecule has 0 amide bonds. The molecule has 0 bridgehead atoms. The quantitative estimate of drug-likeness (QED) is 0.421. The molecular weight excluding hydrogens is 436 g/mol. The first-order valence-corrected chi connectivity index (χ1v) is 10.6. The van der Waals surface area contributed by atoms with Gasteiger partial charge in [-0.3, -0.25) is 4.79 Å². The molecule has 8 heteroatoms. The molecule has 31 heavy (non-hydrogen) atoms. The lowest BCUT2D eigenvalue weighted by atomic mass is 10.1. The van der Waals surface area contributed by atoms with Gasteiger partial charge in [0.1, 0.15) is 16.1 Å². The molecule has 6 nitrogen and oxygen atoms in total. The normalized spacial score (nSPS) is 12.3. The second-order valence-electron chi connectivity index (χ2n) is 7.25. The number of carbonyl (C=O) groups is 1. The Morgan fingerprint density at radius 1 is 1.16 bits per heavy atom. The first-order chi connectivity index (χ1) is 14.8. The average molecular weight is 450 g/mol. The number of hydrogen-bond acceptors (Lipinski definition) is 6. The van der Waals surface area contributed by atoms with Gasteiger partial charge in [0.15, 0.2) is 4.96 Å². The number of thiazole rings is 1. The van der Waals surface area contributed by atoms with Crippen molar-refractivity contribution in [3.63, 3.8) is 0 Å². The first kappa shape index (κ1) is 19.5. The zero-order valence-corrected chi connectivity index (χ0v) is 18.0. The van der Waals surface area contributed by atoms with E-state index in [0.717, 1.165) is 22.2 Å². The molecule has 2 aromatic carbocycles. The predicted octanol–water partition coefficient (Wildman–Crippen LogP) is 3.35. The molecule has 0 aliphatic carbocycles. The molecule has 0 aliphatic rings.